The van der Waals surface area contributed by atoms with Crippen LogP contribution in [0.4, 0.5) is 0 Å². The number of hydrogen-bond donors (Lipinski definition) is 0. The second-order valence-electron chi connectivity index (χ2n) is 2.85. The van der Waals surface area contributed by atoms with Gasteiger partial charge in [0.2, 0.25) is 0 Å². The van der Waals surface area contributed by atoms with Gasteiger partial charge in [0.05, 0.1) is 26.2 Å². The van der Waals surface area contributed by atoms with Gasteiger partial charge in [0.25, 0.3) is 0 Å². The minimum absolute atomic E-state index is 0.197. The maximum absolute atomic E-state index is 11.1. The fourth-order valence-corrected chi connectivity index (χ4v) is 1.27. The van der Waals surface area contributed by atoms with Gasteiger partial charge in [-0.3, -0.25) is 9.59 Å². The van der Waals surface area contributed by atoms with Gasteiger partial charge in [-0.05, 0) is 6.42 Å². The van der Waals surface area contributed by atoms with Crippen LogP contribution in [0, 0.1) is 22.7 Å². The maximum Gasteiger partial charge on any atom is 0.327 e. The summed E-state index contributed by atoms with van der Waals surface area (Å²) < 4.78 is 8.85. The second-order valence-corrected chi connectivity index (χ2v) is 2.85. The molecule has 0 saturated heterocycles. The molecule has 0 unspecified atom stereocenters. The molecule has 0 heterocycles. The number of esters is 2. The molecule has 13 heavy (non-hydrogen) atoms. The van der Waals surface area contributed by atoms with Crippen LogP contribution in [0.15, 0.2) is 0 Å². The average molecular weight is 183 g/mol. The van der Waals surface area contributed by atoms with Crippen molar-refractivity contribution in [2.45, 2.75) is 6.42 Å². The molecule has 1 rings (SSSR count). The summed E-state index contributed by atoms with van der Waals surface area (Å²) in [6.07, 6.45) is 0.197. The first-order valence-electron chi connectivity index (χ1n) is 3.70. The molecule has 0 aromatic carbocycles. The van der Waals surface area contributed by atoms with E-state index in [2.05, 4.69) is 9.47 Å². The molecule has 2 atom stereocenters. The minimum atomic E-state index is -1.29. The summed E-state index contributed by atoms with van der Waals surface area (Å²) in [4.78, 5) is 22.1. The highest BCUT2D eigenvalue weighted by Crippen LogP contribution is 2.53. The van der Waals surface area contributed by atoms with E-state index in [0.29, 0.717) is 0 Å². The van der Waals surface area contributed by atoms with Crippen LogP contribution >= 0.6 is 0 Å². The molecule has 0 spiro atoms. The van der Waals surface area contributed by atoms with E-state index in [1.165, 1.54) is 14.2 Å². The van der Waals surface area contributed by atoms with E-state index in [9.17, 15) is 9.59 Å². The van der Waals surface area contributed by atoms with Crippen molar-refractivity contribution in [2.75, 3.05) is 14.2 Å². The van der Waals surface area contributed by atoms with Crippen LogP contribution < -0.4 is 0 Å². The van der Waals surface area contributed by atoms with Crippen molar-refractivity contribution < 1.29 is 19.1 Å². The molecule has 1 aliphatic rings. The van der Waals surface area contributed by atoms with Crippen molar-refractivity contribution in [3.8, 4) is 6.07 Å². The number of methoxy groups -OCH3 is 2. The minimum Gasteiger partial charge on any atom is -0.469 e. The third-order valence-electron chi connectivity index (χ3n) is 2.20. The van der Waals surface area contributed by atoms with Crippen LogP contribution in [0.3, 0.4) is 0 Å². The fourth-order valence-electron chi connectivity index (χ4n) is 1.27. The zero-order valence-corrected chi connectivity index (χ0v) is 7.36. The highest BCUT2D eigenvalue weighted by molar-refractivity contribution is 5.93. The van der Waals surface area contributed by atoms with Crippen LogP contribution in [0.5, 0.6) is 0 Å². The smallest absolute Gasteiger partial charge is 0.327 e. The van der Waals surface area contributed by atoms with Crippen LogP contribution in [0.25, 0.3) is 0 Å². The molecule has 0 amide bonds. The molecule has 70 valence electrons. The van der Waals surface area contributed by atoms with Gasteiger partial charge in [0, 0.05) is 0 Å². The Morgan fingerprint density at radius 2 is 2.08 bits per heavy atom. The van der Waals surface area contributed by atoms with Crippen LogP contribution in [0.1, 0.15) is 6.42 Å². The molecule has 5 nitrogen and oxygen atoms in total. The molecule has 1 fully saturated rings. The van der Waals surface area contributed by atoms with E-state index in [1.54, 1.807) is 6.07 Å². The van der Waals surface area contributed by atoms with Gasteiger partial charge in [-0.15, -0.1) is 0 Å². The highest BCUT2D eigenvalue weighted by Gasteiger charge is 2.66. The molecular weight excluding hydrogens is 174 g/mol. The summed E-state index contributed by atoms with van der Waals surface area (Å²) in [5.41, 5.74) is -1.29. The number of nitriles is 1. The Morgan fingerprint density at radius 3 is 2.46 bits per heavy atom. The number of carbonyl (C=O) groups excluding carboxylic acids is 2. The first kappa shape index (κ1) is 9.52. The van der Waals surface area contributed by atoms with E-state index >= 15 is 0 Å². The Bertz CT molecular complexity index is 293. The van der Waals surface area contributed by atoms with Crippen LogP contribution in [-0.4, -0.2) is 26.2 Å². The van der Waals surface area contributed by atoms with Gasteiger partial charge >= 0.3 is 11.9 Å². The van der Waals surface area contributed by atoms with Crippen molar-refractivity contribution in [1.82, 2.24) is 0 Å². The Kier molecular flexibility index (Phi) is 2.24. The van der Waals surface area contributed by atoms with Gasteiger partial charge in [-0.25, -0.2) is 0 Å². The zero-order chi connectivity index (χ0) is 10.1. The van der Waals surface area contributed by atoms with Gasteiger partial charge in [0.1, 0.15) is 0 Å². The van der Waals surface area contributed by atoms with Crippen LogP contribution in [0.2, 0.25) is 0 Å². The summed E-state index contributed by atoms with van der Waals surface area (Å²) in [7, 11) is 2.41. The Morgan fingerprint density at radius 1 is 1.46 bits per heavy atom. The Balaban J connectivity index is 2.76. The number of carbonyl (C=O) groups is 2. The lowest BCUT2D eigenvalue weighted by molar-refractivity contribution is -0.150. The van der Waals surface area contributed by atoms with E-state index in [4.69, 9.17) is 5.26 Å². The molecule has 0 N–H and O–H groups in total. The van der Waals surface area contributed by atoms with Gasteiger partial charge in [-0.2, -0.15) is 5.26 Å². The Labute approximate surface area is 75.2 Å². The molecule has 0 bridgehead atoms. The van der Waals surface area contributed by atoms with E-state index < -0.39 is 23.3 Å². The lowest BCUT2D eigenvalue weighted by Gasteiger charge is -2.03. The highest BCUT2D eigenvalue weighted by atomic mass is 16.5. The van der Waals surface area contributed by atoms with Gasteiger partial charge in [0.15, 0.2) is 5.41 Å². The SMILES string of the molecule is COC(=O)[C@@H]1C[C@@]1(C#N)C(=O)OC. The average Bonchev–Trinajstić information content (AvgIpc) is 2.91. The van der Waals surface area contributed by atoms with Crippen molar-refractivity contribution >= 4 is 11.9 Å². The number of ether oxygens (including phenoxy) is 2. The predicted octanol–water partition coefficient (Wildman–Crippen LogP) is -0.138. The standard InChI is InChI=1S/C8H9NO4/c1-12-6(10)5-3-8(5,4-9)7(11)13-2/h5H,3H2,1-2H3/t5-,8-/m0/s1. The van der Waals surface area contributed by atoms with Crippen molar-refractivity contribution in [3.63, 3.8) is 0 Å². The van der Waals surface area contributed by atoms with Crippen LogP contribution in [-0.2, 0) is 19.1 Å². The molecule has 1 saturated carbocycles. The van der Waals surface area contributed by atoms with Crippen molar-refractivity contribution in [3.05, 3.63) is 0 Å². The molecule has 0 radical (unpaired) electrons. The zero-order valence-electron chi connectivity index (χ0n) is 7.36. The molecule has 0 aliphatic heterocycles. The molecule has 5 heteroatoms. The number of nitrogens with zero attached hydrogens (tertiary/aromatic N) is 1. The lowest BCUT2D eigenvalue weighted by Crippen LogP contribution is -2.21. The van der Waals surface area contributed by atoms with Crippen molar-refractivity contribution in [2.24, 2.45) is 11.3 Å². The molecular formula is C8H9NO4. The monoisotopic (exact) mass is 183 g/mol. The molecule has 1 aliphatic carbocycles. The van der Waals surface area contributed by atoms with E-state index in [1.807, 2.05) is 0 Å². The van der Waals surface area contributed by atoms with E-state index in [0.717, 1.165) is 0 Å². The quantitative estimate of drug-likeness (QED) is 0.557. The Hall–Kier alpha value is -1.57. The molecule has 0 aromatic heterocycles. The first-order valence-corrected chi connectivity index (χ1v) is 3.70. The third-order valence-corrected chi connectivity index (χ3v) is 2.20. The second kappa shape index (κ2) is 3.05. The van der Waals surface area contributed by atoms with Gasteiger partial charge in [-0.1, -0.05) is 0 Å². The predicted molar refractivity (Wildman–Crippen MR) is 40.2 cm³/mol. The summed E-state index contributed by atoms with van der Waals surface area (Å²) in [5.74, 6) is -1.85. The summed E-state index contributed by atoms with van der Waals surface area (Å²) in [5, 5.41) is 8.71. The third kappa shape index (κ3) is 1.24. The van der Waals surface area contributed by atoms with Crippen molar-refractivity contribution in [1.29, 1.82) is 5.26 Å². The maximum atomic E-state index is 11.1. The van der Waals surface area contributed by atoms with Gasteiger partial charge < -0.3 is 9.47 Å². The summed E-state index contributed by atoms with van der Waals surface area (Å²) in [6.45, 7) is 0. The summed E-state index contributed by atoms with van der Waals surface area (Å²) >= 11 is 0. The largest absolute Gasteiger partial charge is 0.469 e. The lowest BCUT2D eigenvalue weighted by atomic mass is 10.1. The topological polar surface area (TPSA) is 76.4 Å². The molecule has 0 aromatic rings. The number of hydrogen-bond acceptors (Lipinski definition) is 5. The normalized spacial score (nSPS) is 30.1. The fraction of sp³-hybridized carbons (Fsp3) is 0.625. The number of rotatable bonds is 2. The first-order chi connectivity index (χ1) is 6.12. The summed E-state index contributed by atoms with van der Waals surface area (Å²) in [6, 6.07) is 1.79. The van der Waals surface area contributed by atoms with E-state index in [-0.39, 0.29) is 6.42 Å².